The summed E-state index contributed by atoms with van der Waals surface area (Å²) in [7, 11) is 0. The highest BCUT2D eigenvalue weighted by Gasteiger charge is 2.34. The number of nitrogens with one attached hydrogen (secondary N) is 5. The molecule has 0 unspecified atom stereocenters. The van der Waals surface area contributed by atoms with E-state index < -0.39 is 59.9 Å². The molecule has 3 aliphatic rings. The van der Waals surface area contributed by atoms with Crippen LogP contribution in [0.5, 0.6) is 0 Å². The van der Waals surface area contributed by atoms with Crippen molar-refractivity contribution in [1.29, 1.82) is 0 Å². The van der Waals surface area contributed by atoms with Crippen molar-refractivity contribution in [1.82, 2.24) is 30.7 Å². The van der Waals surface area contributed by atoms with Crippen LogP contribution in [0.1, 0.15) is 79.9 Å². The maximum absolute atomic E-state index is 13.4. The zero-order valence-corrected chi connectivity index (χ0v) is 36.8. The van der Waals surface area contributed by atoms with Gasteiger partial charge in [-0.15, -0.1) is 0 Å². The van der Waals surface area contributed by atoms with E-state index in [9.17, 15) is 43.5 Å². The maximum atomic E-state index is 13.4. The van der Waals surface area contributed by atoms with Gasteiger partial charge in [0.15, 0.2) is 0 Å². The minimum Gasteiger partial charge on any atom is -0.444 e. The monoisotopic (exact) mass is 892 g/mol. The van der Waals surface area contributed by atoms with Crippen molar-refractivity contribution in [3.05, 3.63) is 107 Å². The highest BCUT2D eigenvalue weighted by atomic mass is 16.5. The minimum absolute atomic E-state index is 0.0893. The molecule has 9 amide bonds. The van der Waals surface area contributed by atoms with E-state index >= 15 is 0 Å². The summed E-state index contributed by atoms with van der Waals surface area (Å²) in [6, 6.07) is 18.9. The Balaban J connectivity index is 0.868. The smallest absolute Gasteiger partial charge is 0.411 e. The SMILES string of the molecule is CC(C)[C@@H](NC(=O)CN1C(=O)C=CC1=O)C(=O)N[C@H](C)C(=O)Nc1ccc(COC(=O)Nc2cccc(C(=O)N3CCC(O)(CCCCNC(=O)N4Cc5ccccc5C4)CC3)c2)cc1. The number of aliphatic hydroxyl groups is 1. The fourth-order valence-electron chi connectivity index (χ4n) is 7.74. The van der Waals surface area contributed by atoms with Gasteiger partial charge in [-0.25, -0.2) is 9.59 Å². The first-order valence-corrected chi connectivity index (χ1v) is 21.8. The van der Waals surface area contributed by atoms with Crippen LogP contribution in [0.4, 0.5) is 21.0 Å². The van der Waals surface area contributed by atoms with Crippen LogP contribution in [0.3, 0.4) is 0 Å². The zero-order chi connectivity index (χ0) is 46.7. The second-order valence-corrected chi connectivity index (χ2v) is 16.9. The van der Waals surface area contributed by atoms with Crippen LogP contribution < -0.4 is 26.6 Å². The molecule has 3 heterocycles. The van der Waals surface area contributed by atoms with E-state index in [1.807, 2.05) is 24.3 Å². The number of piperidine rings is 1. The van der Waals surface area contributed by atoms with Gasteiger partial charge in [0.1, 0.15) is 25.2 Å². The lowest BCUT2D eigenvalue weighted by molar-refractivity contribution is -0.141. The summed E-state index contributed by atoms with van der Waals surface area (Å²) in [6.45, 7) is 6.72. The van der Waals surface area contributed by atoms with Crippen LogP contribution in [0, 0.1) is 5.92 Å². The number of ether oxygens (including phenoxy) is 1. The lowest BCUT2D eigenvalue weighted by Crippen LogP contribution is -2.55. The first kappa shape index (κ1) is 47.4. The van der Waals surface area contributed by atoms with Crippen molar-refractivity contribution in [3.8, 4) is 0 Å². The third-order valence-electron chi connectivity index (χ3n) is 11.6. The van der Waals surface area contributed by atoms with Crippen molar-refractivity contribution in [2.24, 2.45) is 5.92 Å². The number of urea groups is 1. The van der Waals surface area contributed by atoms with Gasteiger partial charge < -0.3 is 40.9 Å². The number of carbonyl (C=O) groups is 8. The number of nitrogens with zero attached hydrogens (tertiary/aromatic N) is 3. The van der Waals surface area contributed by atoms with Gasteiger partial charge in [0.05, 0.1) is 5.60 Å². The highest BCUT2D eigenvalue weighted by molar-refractivity contribution is 6.14. The van der Waals surface area contributed by atoms with Gasteiger partial charge in [0.2, 0.25) is 17.7 Å². The zero-order valence-electron chi connectivity index (χ0n) is 36.8. The molecular weight excluding hydrogens is 837 g/mol. The summed E-state index contributed by atoms with van der Waals surface area (Å²) in [5.74, 6) is -3.71. The number of benzene rings is 3. The third kappa shape index (κ3) is 13.0. The largest absolute Gasteiger partial charge is 0.444 e. The summed E-state index contributed by atoms with van der Waals surface area (Å²) in [6.07, 6.45) is 4.28. The molecule has 65 heavy (non-hydrogen) atoms. The van der Waals surface area contributed by atoms with Crippen LogP contribution >= 0.6 is 0 Å². The van der Waals surface area contributed by atoms with Gasteiger partial charge in [-0.3, -0.25) is 39.0 Å². The molecule has 18 heteroatoms. The van der Waals surface area contributed by atoms with Crippen LogP contribution in [0.25, 0.3) is 0 Å². The van der Waals surface area contributed by atoms with E-state index in [1.165, 1.54) is 18.1 Å². The summed E-state index contributed by atoms with van der Waals surface area (Å²) < 4.78 is 5.39. The number of unbranched alkanes of at least 4 members (excludes halogenated alkanes) is 1. The summed E-state index contributed by atoms with van der Waals surface area (Å²) in [5.41, 5.74) is 3.23. The lowest BCUT2D eigenvalue weighted by atomic mass is 9.86. The number of amides is 9. The van der Waals surface area contributed by atoms with Crippen molar-refractivity contribution in [3.63, 3.8) is 0 Å². The Morgan fingerprint density at radius 2 is 1.42 bits per heavy atom. The second kappa shape index (κ2) is 21.5. The average Bonchev–Trinajstić information content (AvgIpc) is 3.87. The fourth-order valence-corrected chi connectivity index (χ4v) is 7.74. The number of hydrogen-bond donors (Lipinski definition) is 6. The van der Waals surface area contributed by atoms with E-state index in [-0.39, 0.29) is 24.5 Å². The summed E-state index contributed by atoms with van der Waals surface area (Å²) in [4.78, 5) is 105. The Bertz CT molecular complexity index is 2260. The molecule has 0 aliphatic carbocycles. The Morgan fingerprint density at radius 3 is 2.06 bits per heavy atom. The highest BCUT2D eigenvalue weighted by Crippen LogP contribution is 2.29. The van der Waals surface area contributed by atoms with Crippen LogP contribution in [-0.2, 0) is 48.4 Å². The number of hydrogen-bond acceptors (Lipinski definition) is 10. The third-order valence-corrected chi connectivity index (χ3v) is 11.6. The summed E-state index contributed by atoms with van der Waals surface area (Å²) >= 11 is 0. The average molecular weight is 893 g/mol. The molecular formula is C47H56N8O10. The van der Waals surface area contributed by atoms with Gasteiger partial charge in [0, 0.05) is 61.8 Å². The predicted octanol–water partition coefficient (Wildman–Crippen LogP) is 3.81. The van der Waals surface area contributed by atoms with Crippen molar-refractivity contribution >= 4 is 58.9 Å². The van der Waals surface area contributed by atoms with Crippen LogP contribution in [0.2, 0.25) is 0 Å². The Labute approximate surface area is 377 Å². The van der Waals surface area contributed by atoms with Crippen LogP contribution in [-0.4, -0.2) is 111 Å². The molecule has 1 fully saturated rings. The van der Waals surface area contributed by atoms with Gasteiger partial charge in [0.25, 0.3) is 17.7 Å². The minimum atomic E-state index is -1.04. The number of fused-ring (bicyclic) bond motifs is 1. The first-order chi connectivity index (χ1) is 31.1. The van der Waals surface area contributed by atoms with Gasteiger partial charge in [-0.05, 0) is 92.0 Å². The van der Waals surface area contributed by atoms with E-state index in [1.54, 1.807) is 72.2 Å². The molecule has 0 bridgehead atoms. The Kier molecular flexibility index (Phi) is 15.7. The van der Waals surface area contributed by atoms with Gasteiger partial charge >= 0.3 is 12.1 Å². The number of carbonyl (C=O) groups excluding carboxylic acids is 8. The Hall–Kier alpha value is -7.08. The van der Waals surface area contributed by atoms with Crippen molar-refractivity contribution in [2.75, 3.05) is 36.8 Å². The van der Waals surface area contributed by atoms with E-state index in [4.69, 9.17) is 4.74 Å². The number of rotatable bonds is 17. The molecule has 344 valence electrons. The molecule has 18 nitrogen and oxygen atoms in total. The van der Waals surface area contributed by atoms with Crippen LogP contribution in [0.15, 0.2) is 84.9 Å². The topological polar surface area (TPSA) is 236 Å². The molecule has 6 N–H and O–H groups in total. The van der Waals surface area contributed by atoms with Gasteiger partial charge in [-0.1, -0.05) is 56.3 Å². The fraction of sp³-hybridized carbons (Fsp3) is 0.404. The molecule has 3 aliphatic heterocycles. The molecule has 2 atom stereocenters. The van der Waals surface area contributed by atoms with Crippen molar-refractivity contribution < 1.29 is 48.2 Å². The van der Waals surface area contributed by atoms with Gasteiger partial charge in [-0.2, -0.15) is 0 Å². The first-order valence-electron chi connectivity index (χ1n) is 21.8. The number of anilines is 2. The molecule has 3 aromatic rings. The predicted molar refractivity (Wildman–Crippen MR) is 239 cm³/mol. The molecule has 1 saturated heterocycles. The Morgan fingerprint density at radius 1 is 0.754 bits per heavy atom. The standard InChI is InChI=1S/C47H56N8O10/c1-30(2)41(52-38(56)28-55-39(57)17-18-40(55)58)43(60)49-31(3)42(59)50-36-15-13-32(14-16-36)29-65-46(63)51-37-12-8-11-33(25-37)44(61)53-23-20-47(64,21-24-53)19-6-7-22-48-45(62)54-26-34-9-4-5-10-35(34)27-54/h4-5,8-18,25,30-31,41,64H,6-7,19-24,26-29H2,1-3H3,(H,48,62)(H,49,60)(H,50,59)(H,51,63)(H,52,56)/t31-,41-/m1/s1. The normalized spacial score (nSPS) is 16.1. The van der Waals surface area contributed by atoms with E-state index in [0.717, 1.165) is 29.9 Å². The molecule has 3 aromatic carbocycles. The number of likely N-dealkylation sites (tertiary alicyclic amines) is 1. The molecule has 0 radical (unpaired) electrons. The molecule has 0 aromatic heterocycles. The van der Waals surface area contributed by atoms with Crippen molar-refractivity contribution in [2.45, 2.75) is 90.3 Å². The maximum Gasteiger partial charge on any atom is 0.411 e. The van der Waals surface area contributed by atoms with E-state index in [2.05, 4.69) is 26.6 Å². The quantitative estimate of drug-likeness (QED) is 0.0847. The lowest BCUT2D eigenvalue weighted by Gasteiger charge is -2.38. The number of imide groups is 1. The summed E-state index contributed by atoms with van der Waals surface area (Å²) in [5, 5.41) is 24.7. The molecule has 0 saturated carbocycles. The molecule has 6 rings (SSSR count). The molecule has 0 spiro atoms. The second-order valence-electron chi connectivity index (χ2n) is 16.9. The van der Waals surface area contributed by atoms with E-state index in [0.29, 0.717) is 74.5 Å².